The number of fused-ring (bicyclic) bond motifs is 1. The smallest absolute Gasteiger partial charge is 0.166 e. The molecule has 0 unspecified atom stereocenters. The van der Waals surface area contributed by atoms with Crippen molar-refractivity contribution in [1.29, 1.82) is 0 Å². The standard InChI is InChI=1S/C33H49FN6O2S/c1-9-19-43(7,8)37-28(10-2)31(34)33(24(3)4)40-23-27(25-20-26(42-6)22-35-21-25)32-29(40)11-12-30(36-32)39-15-13-38(14-16-39)17-18-41-5/h10-12,20-24,37H,9,13-19H2,1-8H3/b28-10?,33-31-. The molecule has 1 aliphatic heterocycles. The highest BCUT2D eigenvalue weighted by molar-refractivity contribution is 8.31. The largest absolute Gasteiger partial charge is 0.495 e. The number of pyridine rings is 2. The SMILES string of the molecule is CC=C(NS(C)(C)CCC)/C(F)=C(\C(C)C)n1cc(-c2cncc(OC)c2)c2nc(N3CCN(CCOC)CC3)ccc21. The molecule has 0 amide bonds. The number of piperazine rings is 1. The van der Waals surface area contributed by atoms with Gasteiger partial charge in [0.15, 0.2) is 5.83 Å². The topological polar surface area (TPSA) is 67.7 Å². The van der Waals surface area contributed by atoms with Crippen molar-refractivity contribution in [3.63, 3.8) is 0 Å². The van der Waals surface area contributed by atoms with Gasteiger partial charge in [-0.15, -0.1) is 0 Å². The predicted octanol–water partition coefficient (Wildman–Crippen LogP) is 6.55. The summed E-state index contributed by atoms with van der Waals surface area (Å²) >= 11 is 0. The zero-order valence-electron chi connectivity index (χ0n) is 27.1. The average Bonchev–Trinajstić information content (AvgIpc) is 3.37. The maximum Gasteiger partial charge on any atom is 0.166 e. The Morgan fingerprint density at radius 2 is 1.88 bits per heavy atom. The molecule has 1 fully saturated rings. The number of hydrogen-bond acceptors (Lipinski definition) is 7. The lowest BCUT2D eigenvalue weighted by Gasteiger charge is -2.35. The van der Waals surface area contributed by atoms with Gasteiger partial charge in [-0.25, -0.2) is 9.37 Å². The molecule has 10 heteroatoms. The summed E-state index contributed by atoms with van der Waals surface area (Å²) in [6.45, 7) is 13.5. The summed E-state index contributed by atoms with van der Waals surface area (Å²) in [4.78, 5) is 14.4. The van der Waals surface area contributed by atoms with Crippen molar-refractivity contribution < 1.29 is 13.9 Å². The number of anilines is 1. The van der Waals surface area contributed by atoms with Crippen LogP contribution in [0.2, 0.25) is 0 Å². The minimum atomic E-state index is -1.20. The van der Waals surface area contributed by atoms with E-state index in [-0.39, 0.29) is 11.7 Å². The number of ether oxygens (including phenoxy) is 2. The van der Waals surface area contributed by atoms with Crippen molar-refractivity contribution in [2.24, 2.45) is 5.92 Å². The zero-order chi connectivity index (χ0) is 31.1. The fourth-order valence-corrected chi connectivity index (χ4v) is 7.57. The maximum absolute atomic E-state index is 16.7. The summed E-state index contributed by atoms with van der Waals surface area (Å²) in [6, 6.07) is 6.10. The minimum Gasteiger partial charge on any atom is -0.495 e. The second-order valence-corrected chi connectivity index (χ2v) is 15.5. The van der Waals surface area contributed by atoms with Gasteiger partial charge < -0.3 is 23.7 Å². The number of nitrogens with one attached hydrogen (secondary N) is 1. The van der Waals surface area contributed by atoms with Gasteiger partial charge in [-0.05, 0) is 55.7 Å². The average molecular weight is 613 g/mol. The van der Waals surface area contributed by atoms with E-state index in [2.05, 4.69) is 51.1 Å². The van der Waals surface area contributed by atoms with Crippen LogP contribution in [0.1, 0.15) is 34.1 Å². The molecule has 0 aromatic carbocycles. The Bertz CT molecular complexity index is 1440. The second kappa shape index (κ2) is 14.6. The second-order valence-electron chi connectivity index (χ2n) is 11.8. The molecule has 0 atom stereocenters. The van der Waals surface area contributed by atoms with Crippen molar-refractivity contribution in [2.45, 2.75) is 34.1 Å². The molecular formula is C33H49FN6O2S. The van der Waals surface area contributed by atoms with Crippen molar-refractivity contribution in [1.82, 2.24) is 24.2 Å². The molecule has 1 N–H and O–H groups in total. The summed E-state index contributed by atoms with van der Waals surface area (Å²) in [7, 11) is 2.18. The lowest BCUT2D eigenvalue weighted by Crippen LogP contribution is -2.47. The molecule has 4 heterocycles. The Morgan fingerprint density at radius 1 is 1.14 bits per heavy atom. The lowest BCUT2D eigenvalue weighted by atomic mass is 10.1. The molecule has 4 rings (SSSR count). The van der Waals surface area contributed by atoms with E-state index in [4.69, 9.17) is 14.5 Å². The Hall–Kier alpha value is -3.08. The fourth-order valence-electron chi connectivity index (χ4n) is 5.64. The van der Waals surface area contributed by atoms with Crippen molar-refractivity contribution in [3.05, 3.63) is 54.4 Å². The van der Waals surface area contributed by atoms with Crippen molar-refractivity contribution in [3.8, 4) is 16.9 Å². The molecule has 1 saturated heterocycles. The molecule has 236 valence electrons. The Morgan fingerprint density at radius 3 is 2.51 bits per heavy atom. The maximum atomic E-state index is 16.7. The Balaban J connectivity index is 1.83. The van der Waals surface area contributed by atoms with E-state index in [1.807, 2.05) is 49.9 Å². The first kappa shape index (κ1) is 32.8. The number of methoxy groups -OCH3 is 2. The van der Waals surface area contributed by atoms with Crippen LogP contribution in [0.5, 0.6) is 5.75 Å². The third-order valence-corrected chi connectivity index (χ3v) is 10.1. The van der Waals surface area contributed by atoms with Crippen LogP contribution in [0, 0.1) is 5.92 Å². The van der Waals surface area contributed by atoms with Gasteiger partial charge in [0, 0.05) is 63.4 Å². The van der Waals surface area contributed by atoms with Gasteiger partial charge in [-0.3, -0.25) is 9.88 Å². The fraction of sp³-hybridized carbons (Fsp3) is 0.515. The highest BCUT2D eigenvalue weighted by Crippen LogP contribution is 2.41. The van der Waals surface area contributed by atoms with E-state index >= 15 is 4.39 Å². The van der Waals surface area contributed by atoms with Crippen LogP contribution in [0.4, 0.5) is 10.2 Å². The van der Waals surface area contributed by atoms with Gasteiger partial charge >= 0.3 is 0 Å². The van der Waals surface area contributed by atoms with Crippen molar-refractivity contribution >= 4 is 32.8 Å². The molecule has 3 aromatic heterocycles. The van der Waals surface area contributed by atoms with Gasteiger partial charge in [-0.1, -0.05) is 26.8 Å². The molecule has 0 aliphatic carbocycles. The van der Waals surface area contributed by atoms with E-state index in [9.17, 15) is 0 Å². The number of nitrogens with zero attached hydrogens (tertiary/aromatic N) is 5. The van der Waals surface area contributed by atoms with Crippen LogP contribution in [0.25, 0.3) is 27.9 Å². The van der Waals surface area contributed by atoms with E-state index in [1.165, 1.54) is 0 Å². The Labute approximate surface area is 258 Å². The van der Waals surface area contributed by atoms with Crippen LogP contribution in [0.3, 0.4) is 0 Å². The number of allylic oxidation sites excluding steroid dienone is 3. The quantitative estimate of drug-likeness (QED) is 0.220. The van der Waals surface area contributed by atoms with E-state index in [1.54, 1.807) is 20.4 Å². The van der Waals surface area contributed by atoms with Crippen molar-refractivity contribution in [2.75, 3.05) is 76.7 Å². The summed E-state index contributed by atoms with van der Waals surface area (Å²) in [5.41, 5.74) is 4.57. The number of aromatic nitrogens is 3. The van der Waals surface area contributed by atoms with Crippen LogP contribution in [-0.4, -0.2) is 91.2 Å². The van der Waals surface area contributed by atoms with Crippen LogP contribution < -0.4 is 14.4 Å². The summed E-state index contributed by atoms with van der Waals surface area (Å²) in [5, 5.41) is 0. The summed E-state index contributed by atoms with van der Waals surface area (Å²) < 4.78 is 33.0. The van der Waals surface area contributed by atoms with E-state index < -0.39 is 10.2 Å². The zero-order valence-corrected chi connectivity index (χ0v) is 27.9. The Kier molecular flexibility index (Phi) is 11.1. The summed E-state index contributed by atoms with van der Waals surface area (Å²) in [6.07, 6.45) is 12.8. The first-order chi connectivity index (χ1) is 20.6. The molecular weight excluding hydrogens is 563 g/mol. The van der Waals surface area contributed by atoms with Gasteiger partial charge in [0.05, 0.1) is 42.3 Å². The van der Waals surface area contributed by atoms with Crippen LogP contribution in [-0.2, 0) is 4.74 Å². The van der Waals surface area contributed by atoms with E-state index in [0.717, 1.165) is 79.5 Å². The number of halogens is 1. The first-order valence-corrected chi connectivity index (χ1v) is 17.8. The van der Waals surface area contributed by atoms with Crippen LogP contribution >= 0.6 is 10.2 Å². The molecule has 0 bridgehead atoms. The van der Waals surface area contributed by atoms with Crippen LogP contribution in [0.15, 0.2) is 54.4 Å². The third kappa shape index (κ3) is 7.72. The molecule has 0 spiro atoms. The highest BCUT2D eigenvalue weighted by Gasteiger charge is 2.25. The van der Waals surface area contributed by atoms with Gasteiger partial charge in [0.2, 0.25) is 0 Å². The first-order valence-electron chi connectivity index (χ1n) is 15.2. The molecule has 8 nitrogen and oxygen atoms in total. The van der Waals surface area contributed by atoms with Gasteiger partial charge in [0.1, 0.15) is 11.6 Å². The molecule has 1 aliphatic rings. The normalized spacial score (nSPS) is 16.1. The number of hydrogen-bond donors (Lipinski definition) is 1. The third-order valence-electron chi connectivity index (χ3n) is 7.86. The highest BCUT2D eigenvalue weighted by atomic mass is 32.3. The molecule has 43 heavy (non-hydrogen) atoms. The molecule has 0 saturated carbocycles. The number of rotatable bonds is 13. The monoisotopic (exact) mass is 612 g/mol. The van der Waals surface area contributed by atoms with E-state index in [0.29, 0.717) is 17.1 Å². The minimum absolute atomic E-state index is 0.0900. The van der Waals surface area contributed by atoms with Gasteiger partial charge in [-0.2, -0.15) is 10.2 Å². The lowest BCUT2D eigenvalue weighted by molar-refractivity contribution is 0.144. The molecule has 0 radical (unpaired) electrons. The van der Waals surface area contributed by atoms with Gasteiger partial charge in [0.25, 0.3) is 0 Å². The summed E-state index contributed by atoms with van der Waals surface area (Å²) in [5.74, 6) is 2.27. The molecule has 3 aromatic rings. The predicted molar refractivity (Wildman–Crippen MR) is 181 cm³/mol.